The number of anilines is 1. The van der Waals surface area contributed by atoms with E-state index in [2.05, 4.69) is 17.4 Å². The number of aryl methyl sites for hydroxylation is 2. The minimum absolute atomic E-state index is 0.207. The third kappa shape index (κ3) is 2.36. The van der Waals surface area contributed by atoms with E-state index in [-0.39, 0.29) is 11.9 Å². The van der Waals surface area contributed by atoms with Gasteiger partial charge in [0.15, 0.2) is 0 Å². The zero-order valence-corrected chi connectivity index (χ0v) is 11.7. The van der Waals surface area contributed by atoms with Gasteiger partial charge in [-0.2, -0.15) is 0 Å². The van der Waals surface area contributed by atoms with Crippen LogP contribution in [0.25, 0.3) is 0 Å². The fraction of sp³-hybridized carbons (Fsp3) is 0.294. The Morgan fingerprint density at radius 3 is 2.85 bits per heavy atom. The molecule has 0 aromatic heterocycles. The van der Waals surface area contributed by atoms with Gasteiger partial charge in [-0.25, -0.2) is 4.39 Å². The predicted molar refractivity (Wildman–Crippen MR) is 78.8 cm³/mol. The number of methoxy groups -OCH3 is 1. The molecule has 2 aromatic rings. The molecular formula is C17H18FNO. The fourth-order valence-corrected chi connectivity index (χ4v) is 2.79. The number of hydrogen-bond donors (Lipinski definition) is 1. The van der Waals surface area contributed by atoms with Crippen LogP contribution in [-0.2, 0) is 6.42 Å². The van der Waals surface area contributed by atoms with Gasteiger partial charge in [0.05, 0.1) is 13.2 Å². The normalized spacial score (nSPS) is 16.9. The molecule has 1 aliphatic carbocycles. The molecule has 2 aromatic carbocycles. The SMILES string of the molecule is COc1ccc2c(c1)C(Nc1cc(F)ccc1C)CC2. The lowest BCUT2D eigenvalue weighted by Crippen LogP contribution is -2.08. The quantitative estimate of drug-likeness (QED) is 0.901. The maximum atomic E-state index is 13.4. The molecule has 3 rings (SSSR count). The van der Waals surface area contributed by atoms with E-state index < -0.39 is 0 Å². The molecule has 2 nitrogen and oxygen atoms in total. The first-order chi connectivity index (χ1) is 9.67. The molecule has 1 unspecified atom stereocenters. The molecule has 104 valence electrons. The van der Waals surface area contributed by atoms with Crippen molar-refractivity contribution in [3.63, 3.8) is 0 Å². The zero-order chi connectivity index (χ0) is 14.1. The van der Waals surface area contributed by atoms with E-state index in [1.807, 2.05) is 13.0 Å². The molecule has 1 atom stereocenters. The summed E-state index contributed by atoms with van der Waals surface area (Å²) in [5.74, 6) is 0.662. The fourth-order valence-electron chi connectivity index (χ4n) is 2.79. The number of nitrogens with one attached hydrogen (secondary N) is 1. The largest absolute Gasteiger partial charge is 0.497 e. The Hall–Kier alpha value is -2.03. The molecule has 3 heteroatoms. The summed E-state index contributed by atoms with van der Waals surface area (Å²) in [6.07, 6.45) is 2.07. The van der Waals surface area contributed by atoms with Gasteiger partial charge in [-0.05, 0) is 60.7 Å². The molecule has 20 heavy (non-hydrogen) atoms. The number of ether oxygens (including phenoxy) is 1. The van der Waals surface area contributed by atoms with Crippen LogP contribution in [-0.4, -0.2) is 7.11 Å². The van der Waals surface area contributed by atoms with Crippen LogP contribution in [0.1, 0.15) is 29.2 Å². The number of fused-ring (bicyclic) bond motifs is 1. The van der Waals surface area contributed by atoms with Crippen molar-refractivity contribution in [1.82, 2.24) is 0 Å². The first-order valence-corrected chi connectivity index (χ1v) is 6.87. The van der Waals surface area contributed by atoms with E-state index in [9.17, 15) is 4.39 Å². The Balaban J connectivity index is 1.89. The standard InChI is InChI=1S/C17H18FNO/c1-11-3-6-13(18)9-17(11)19-16-8-5-12-4-7-14(20-2)10-15(12)16/h3-4,6-7,9-10,16,19H,5,8H2,1-2H3. The van der Waals surface area contributed by atoms with Crippen LogP contribution in [0.3, 0.4) is 0 Å². The third-order valence-electron chi connectivity index (χ3n) is 3.96. The highest BCUT2D eigenvalue weighted by molar-refractivity contribution is 5.54. The van der Waals surface area contributed by atoms with Gasteiger partial charge < -0.3 is 10.1 Å². The average molecular weight is 271 g/mol. The summed E-state index contributed by atoms with van der Waals surface area (Å²) >= 11 is 0. The molecular weight excluding hydrogens is 253 g/mol. The van der Waals surface area contributed by atoms with Crippen LogP contribution in [0.5, 0.6) is 5.75 Å². The molecule has 0 heterocycles. The molecule has 0 bridgehead atoms. The summed E-state index contributed by atoms with van der Waals surface area (Å²) in [6, 6.07) is 11.3. The molecule has 0 fully saturated rings. The molecule has 0 aliphatic heterocycles. The minimum Gasteiger partial charge on any atom is -0.497 e. The summed E-state index contributed by atoms with van der Waals surface area (Å²) < 4.78 is 18.7. The topological polar surface area (TPSA) is 21.3 Å². The van der Waals surface area contributed by atoms with Gasteiger partial charge in [0.1, 0.15) is 11.6 Å². The van der Waals surface area contributed by atoms with Crippen LogP contribution in [0, 0.1) is 12.7 Å². The maximum absolute atomic E-state index is 13.4. The van der Waals surface area contributed by atoms with Gasteiger partial charge in [-0.15, -0.1) is 0 Å². The molecule has 1 N–H and O–H groups in total. The van der Waals surface area contributed by atoms with Crippen molar-refractivity contribution in [2.75, 3.05) is 12.4 Å². The van der Waals surface area contributed by atoms with Crippen molar-refractivity contribution in [2.45, 2.75) is 25.8 Å². The van der Waals surface area contributed by atoms with Gasteiger partial charge in [0, 0.05) is 5.69 Å². The highest BCUT2D eigenvalue weighted by atomic mass is 19.1. The van der Waals surface area contributed by atoms with Crippen molar-refractivity contribution in [3.05, 3.63) is 58.9 Å². The highest BCUT2D eigenvalue weighted by Gasteiger charge is 2.23. The smallest absolute Gasteiger partial charge is 0.125 e. The second-order valence-corrected chi connectivity index (χ2v) is 5.26. The van der Waals surface area contributed by atoms with Crippen LogP contribution in [0.4, 0.5) is 10.1 Å². The second kappa shape index (κ2) is 5.16. The first-order valence-electron chi connectivity index (χ1n) is 6.87. The molecule has 0 saturated carbocycles. The van der Waals surface area contributed by atoms with Crippen LogP contribution in [0.15, 0.2) is 36.4 Å². The van der Waals surface area contributed by atoms with Crippen LogP contribution >= 0.6 is 0 Å². The summed E-state index contributed by atoms with van der Waals surface area (Å²) in [7, 11) is 1.68. The number of rotatable bonds is 3. The Labute approximate surface area is 118 Å². The number of halogens is 1. The summed E-state index contributed by atoms with van der Waals surface area (Å²) in [4.78, 5) is 0. The van der Waals surface area contributed by atoms with E-state index in [1.54, 1.807) is 19.2 Å². The lowest BCUT2D eigenvalue weighted by molar-refractivity contribution is 0.414. The van der Waals surface area contributed by atoms with Crippen LogP contribution in [0.2, 0.25) is 0 Å². The Morgan fingerprint density at radius 2 is 2.05 bits per heavy atom. The lowest BCUT2D eigenvalue weighted by Gasteiger charge is -2.18. The van der Waals surface area contributed by atoms with E-state index >= 15 is 0 Å². The van der Waals surface area contributed by atoms with E-state index in [4.69, 9.17) is 4.74 Å². The van der Waals surface area contributed by atoms with Gasteiger partial charge in [0.2, 0.25) is 0 Å². The van der Waals surface area contributed by atoms with Gasteiger partial charge in [0.25, 0.3) is 0 Å². The van der Waals surface area contributed by atoms with Crippen LogP contribution < -0.4 is 10.1 Å². The van der Waals surface area contributed by atoms with Gasteiger partial charge >= 0.3 is 0 Å². The molecule has 0 radical (unpaired) electrons. The lowest BCUT2D eigenvalue weighted by atomic mass is 10.1. The van der Waals surface area contributed by atoms with Crippen molar-refractivity contribution < 1.29 is 9.13 Å². The monoisotopic (exact) mass is 271 g/mol. The van der Waals surface area contributed by atoms with Crippen molar-refractivity contribution in [3.8, 4) is 5.75 Å². The zero-order valence-electron chi connectivity index (χ0n) is 11.7. The highest BCUT2D eigenvalue weighted by Crippen LogP contribution is 2.36. The Morgan fingerprint density at radius 1 is 1.20 bits per heavy atom. The number of hydrogen-bond acceptors (Lipinski definition) is 2. The van der Waals surface area contributed by atoms with Gasteiger partial charge in [-0.3, -0.25) is 0 Å². The predicted octanol–water partition coefficient (Wildman–Crippen LogP) is 4.24. The first kappa shape index (κ1) is 13.0. The minimum atomic E-state index is -0.207. The number of benzene rings is 2. The summed E-state index contributed by atoms with van der Waals surface area (Å²) in [5.41, 5.74) is 4.53. The Kier molecular flexibility index (Phi) is 3.35. The maximum Gasteiger partial charge on any atom is 0.125 e. The van der Waals surface area contributed by atoms with Crippen molar-refractivity contribution >= 4 is 5.69 Å². The molecule has 0 spiro atoms. The molecule has 0 amide bonds. The summed E-state index contributed by atoms with van der Waals surface area (Å²) in [5, 5.41) is 3.46. The summed E-state index contributed by atoms with van der Waals surface area (Å²) in [6.45, 7) is 1.99. The average Bonchev–Trinajstić information content (AvgIpc) is 2.85. The Bertz CT molecular complexity index is 639. The van der Waals surface area contributed by atoms with E-state index in [1.165, 1.54) is 17.2 Å². The van der Waals surface area contributed by atoms with Crippen molar-refractivity contribution in [1.29, 1.82) is 0 Å². The third-order valence-corrected chi connectivity index (χ3v) is 3.96. The van der Waals surface area contributed by atoms with E-state index in [0.717, 1.165) is 29.8 Å². The molecule has 0 saturated heterocycles. The second-order valence-electron chi connectivity index (χ2n) is 5.26. The molecule has 1 aliphatic rings. The van der Waals surface area contributed by atoms with Gasteiger partial charge in [-0.1, -0.05) is 12.1 Å². The van der Waals surface area contributed by atoms with Crippen molar-refractivity contribution in [2.24, 2.45) is 0 Å². The van der Waals surface area contributed by atoms with E-state index in [0.29, 0.717) is 0 Å².